The fourth-order valence-electron chi connectivity index (χ4n) is 2.09. The third kappa shape index (κ3) is 5.16. The Morgan fingerprint density at radius 2 is 1.75 bits per heavy atom. The number of nitrogens with one attached hydrogen (secondary N) is 1. The number of hydrogen-bond donors (Lipinski definition) is 1. The van der Waals surface area contributed by atoms with Gasteiger partial charge >= 0.3 is 0 Å². The second kappa shape index (κ2) is 8.20. The molecule has 0 fully saturated rings. The van der Waals surface area contributed by atoms with Crippen molar-refractivity contribution in [3.8, 4) is 11.5 Å². The molecular formula is C20H23NO3. The van der Waals surface area contributed by atoms with Crippen molar-refractivity contribution in [1.29, 1.82) is 0 Å². The summed E-state index contributed by atoms with van der Waals surface area (Å²) >= 11 is 0. The van der Waals surface area contributed by atoms with E-state index in [-0.39, 0.29) is 12.5 Å². The first kappa shape index (κ1) is 17.6. The van der Waals surface area contributed by atoms with Crippen LogP contribution in [0.5, 0.6) is 11.5 Å². The standard InChI is InChI=1S/C20H23NO3/c1-14(2)12-23-18-8-6-5-7-17(18)21-20(22)13-24-19-11-15(3)9-10-16(19)4/h5-11H,1,12-13H2,2-4H3,(H,21,22). The molecule has 0 bridgehead atoms. The second-order valence-electron chi connectivity index (χ2n) is 5.85. The van der Waals surface area contributed by atoms with Gasteiger partial charge in [-0.1, -0.05) is 30.8 Å². The smallest absolute Gasteiger partial charge is 0.262 e. The number of aryl methyl sites for hydroxylation is 2. The fraction of sp³-hybridized carbons (Fsp3) is 0.250. The van der Waals surface area contributed by atoms with Gasteiger partial charge in [0.25, 0.3) is 5.91 Å². The summed E-state index contributed by atoms with van der Waals surface area (Å²) in [7, 11) is 0. The Morgan fingerprint density at radius 3 is 2.50 bits per heavy atom. The van der Waals surface area contributed by atoms with Crippen LogP contribution >= 0.6 is 0 Å². The van der Waals surface area contributed by atoms with E-state index in [1.807, 2.05) is 57.2 Å². The molecule has 0 aliphatic rings. The van der Waals surface area contributed by atoms with Gasteiger partial charge < -0.3 is 14.8 Å². The lowest BCUT2D eigenvalue weighted by molar-refractivity contribution is -0.118. The van der Waals surface area contributed by atoms with Gasteiger partial charge in [0.15, 0.2) is 6.61 Å². The van der Waals surface area contributed by atoms with Crippen LogP contribution in [0.1, 0.15) is 18.1 Å². The molecule has 0 aliphatic carbocycles. The van der Waals surface area contributed by atoms with Gasteiger partial charge in [-0.3, -0.25) is 4.79 Å². The molecule has 0 atom stereocenters. The van der Waals surface area contributed by atoms with E-state index in [0.717, 1.165) is 22.4 Å². The summed E-state index contributed by atoms with van der Waals surface area (Å²) in [4.78, 5) is 12.2. The number of para-hydroxylation sites is 2. The third-order valence-electron chi connectivity index (χ3n) is 3.34. The average molecular weight is 325 g/mol. The first-order valence-corrected chi connectivity index (χ1v) is 7.82. The first-order chi connectivity index (χ1) is 11.5. The maximum absolute atomic E-state index is 12.2. The molecule has 2 aromatic rings. The number of amides is 1. The summed E-state index contributed by atoms with van der Waals surface area (Å²) in [6.07, 6.45) is 0. The van der Waals surface area contributed by atoms with Crippen molar-refractivity contribution < 1.29 is 14.3 Å². The van der Waals surface area contributed by atoms with Crippen molar-refractivity contribution in [3.63, 3.8) is 0 Å². The fourth-order valence-corrected chi connectivity index (χ4v) is 2.09. The molecule has 0 radical (unpaired) electrons. The minimum absolute atomic E-state index is 0.0564. The molecule has 2 aromatic carbocycles. The van der Waals surface area contributed by atoms with E-state index < -0.39 is 0 Å². The SMILES string of the molecule is C=C(C)COc1ccccc1NC(=O)COc1cc(C)ccc1C. The molecule has 0 heterocycles. The molecule has 0 unspecified atom stereocenters. The molecule has 4 heteroatoms. The monoisotopic (exact) mass is 325 g/mol. The number of carbonyl (C=O) groups is 1. The number of carbonyl (C=O) groups excluding carboxylic acids is 1. The lowest BCUT2D eigenvalue weighted by atomic mass is 10.1. The molecule has 126 valence electrons. The van der Waals surface area contributed by atoms with Crippen molar-refractivity contribution in [2.75, 3.05) is 18.5 Å². The zero-order chi connectivity index (χ0) is 17.5. The van der Waals surface area contributed by atoms with Crippen LogP contribution in [0, 0.1) is 13.8 Å². The summed E-state index contributed by atoms with van der Waals surface area (Å²) < 4.78 is 11.3. The molecule has 0 aliphatic heterocycles. The molecule has 1 N–H and O–H groups in total. The van der Waals surface area contributed by atoms with Crippen LogP contribution in [0.2, 0.25) is 0 Å². The van der Waals surface area contributed by atoms with Crippen LogP contribution in [0.4, 0.5) is 5.69 Å². The van der Waals surface area contributed by atoms with Gasteiger partial charge in [-0.15, -0.1) is 0 Å². The van der Waals surface area contributed by atoms with Gasteiger partial charge in [0, 0.05) is 0 Å². The Bertz CT molecular complexity index is 737. The van der Waals surface area contributed by atoms with Gasteiger partial charge in [0.05, 0.1) is 5.69 Å². The van der Waals surface area contributed by atoms with Crippen LogP contribution in [-0.4, -0.2) is 19.1 Å². The third-order valence-corrected chi connectivity index (χ3v) is 3.34. The van der Waals surface area contributed by atoms with Crippen molar-refractivity contribution in [1.82, 2.24) is 0 Å². The quantitative estimate of drug-likeness (QED) is 0.773. The number of anilines is 1. The normalized spacial score (nSPS) is 10.1. The van der Waals surface area contributed by atoms with E-state index in [9.17, 15) is 4.79 Å². The van der Waals surface area contributed by atoms with Crippen LogP contribution in [-0.2, 0) is 4.79 Å². The molecule has 0 saturated carbocycles. The Morgan fingerprint density at radius 1 is 1.04 bits per heavy atom. The zero-order valence-corrected chi connectivity index (χ0v) is 14.4. The highest BCUT2D eigenvalue weighted by atomic mass is 16.5. The molecular weight excluding hydrogens is 302 g/mol. The van der Waals surface area contributed by atoms with Crippen molar-refractivity contribution in [3.05, 3.63) is 65.7 Å². The van der Waals surface area contributed by atoms with E-state index in [1.54, 1.807) is 6.07 Å². The van der Waals surface area contributed by atoms with E-state index in [2.05, 4.69) is 11.9 Å². The largest absolute Gasteiger partial charge is 0.487 e. The number of hydrogen-bond acceptors (Lipinski definition) is 3. The molecule has 1 amide bonds. The summed E-state index contributed by atoms with van der Waals surface area (Å²) in [6, 6.07) is 13.2. The Hall–Kier alpha value is -2.75. The highest BCUT2D eigenvalue weighted by Gasteiger charge is 2.09. The molecule has 2 rings (SSSR count). The average Bonchev–Trinajstić information content (AvgIpc) is 2.55. The van der Waals surface area contributed by atoms with E-state index in [0.29, 0.717) is 18.0 Å². The number of ether oxygens (including phenoxy) is 2. The topological polar surface area (TPSA) is 47.6 Å². The summed E-state index contributed by atoms with van der Waals surface area (Å²) in [5.74, 6) is 1.10. The highest BCUT2D eigenvalue weighted by Crippen LogP contribution is 2.24. The minimum Gasteiger partial charge on any atom is -0.487 e. The number of rotatable bonds is 7. The van der Waals surface area contributed by atoms with Gasteiger partial charge in [-0.05, 0) is 55.7 Å². The Labute approximate surface area is 143 Å². The van der Waals surface area contributed by atoms with Crippen LogP contribution < -0.4 is 14.8 Å². The van der Waals surface area contributed by atoms with Gasteiger partial charge in [0.2, 0.25) is 0 Å². The van der Waals surface area contributed by atoms with Gasteiger partial charge in [-0.2, -0.15) is 0 Å². The molecule has 24 heavy (non-hydrogen) atoms. The van der Waals surface area contributed by atoms with Gasteiger partial charge in [-0.25, -0.2) is 0 Å². The van der Waals surface area contributed by atoms with Crippen molar-refractivity contribution in [2.45, 2.75) is 20.8 Å². The molecule has 4 nitrogen and oxygen atoms in total. The molecule has 0 aromatic heterocycles. The lowest BCUT2D eigenvalue weighted by Crippen LogP contribution is -2.21. The highest BCUT2D eigenvalue weighted by molar-refractivity contribution is 5.93. The van der Waals surface area contributed by atoms with E-state index >= 15 is 0 Å². The molecule has 0 spiro atoms. The minimum atomic E-state index is -0.234. The predicted octanol–water partition coefficient (Wildman–Crippen LogP) is 4.28. The van der Waals surface area contributed by atoms with E-state index in [4.69, 9.17) is 9.47 Å². The summed E-state index contributed by atoms with van der Waals surface area (Å²) in [5.41, 5.74) is 3.62. The second-order valence-corrected chi connectivity index (χ2v) is 5.85. The maximum Gasteiger partial charge on any atom is 0.262 e. The van der Waals surface area contributed by atoms with Crippen LogP contribution in [0.15, 0.2) is 54.6 Å². The number of benzene rings is 2. The van der Waals surface area contributed by atoms with E-state index in [1.165, 1.54) is 0 Å². The summed E-state index contributed by atoms with van der Waals surface area (Å²) in [5, 5.41) is 2.82. The van der Waals surface area contributed by atoms with Crippen molar-refractivity contribution >= 4 is 11.6 Å². The zero-order valence-electron chi connectivity index (χ0n) is 14.4. The first-order valence-electron chi connectivity index (χ1n) is 7.82. The lowest BCUT2D eigenvalue weighted by Gasteiger charge is -2.13. The Kier molecular flexibility index (Phi) is 6.01. The predicted molar refractivity (Wildman–Crippen MR) is 96.8 cm³/mol. The van der Waals surface area contributed by atoms with Crippen LogP contribution in [0.3, 0.4) is 0 Å². The Balaban J connectivity index is 1.97. The summed E-state index contributed by atoms with van der Waals surface area (Å²) in [6.45, 7) is 9.99. The molecule has 0 saturated heterocycles. The van der Waals surface area contributed by atoms with Crippen molar-refractivity contribution in [2.24, 2.45) is 0 Å². The van der Waals surface area contributed by atoms with Crippen LogP contribution in [0.25, 0.3) is 0 Å². The maximum atomic E-state index is 12.2. The van der Waals surface area contributed by atoms with Gasteiger partial charge in [0.1, 0.15) is 18.1 Å².